The van der Waals surface area contributed by atoms with Crippen LogP contribution in [-0.4, -0.2) is 18.4 Å². The third-order valence-corrected chi connectivity index (χ3v) is 6.55. The van der Waals surface area contributed by atoms with Crippen LogP contribution in [0.4, 0.5) is 0 Å². The minimum absolute atomic E-state index is 0.121. The van der Waals surface area contributed by atoms with Crippen molar-refractivity contribution in [1.29, 1.82) is 0 Å². The Balaban J connectivity index is 2.87. The lowest BCUT2D eigenvalue weighted by atomic mass is 9.72. The van der Waals surface area contributed by atoms with Crippen molar-refractivity contribution >= 4 is 7.60 Å². The quantitative estimate of drug-likeness (QED) is 0.340. The Labute approximate surface area is 155 Å². The molecule has 144 valence electrons. The fourth-order valence-electron chi connectivity index (χ4n) is 3.30. The van der Waals surface area contributed by atoms with E-state index in [1.807, 2.05) is 40.7 Å². The maximum absolute atomic E-state index is 12.9. The van der Waals surface area contributed by atoms with Gasteiger partial charge in [-0.05, 0) is 71.8 Å². The first kappa shape index (κ1) is 22.4. The molecular formula is C21H37O3P. The van der Waals surface area contributed by atoms with Crippen LogP contribution in [0.25, 0.3) is 0 Å². The highest BCUT2D eigenvalue weighted by atomic mass is 31.2. The van der Waals surface area contributed by atoms with Crippen molar-refractivity contribution in [3.05, 3.63) is 34.9 Å². The fourth-order valence-corrected chi connectivity index (χ4v) is 5.32. The summed E-state index contributed by atoms with van der Waals surface area (Å²) < 4.78 is 24.1. The summed E-state index contributed by atoms with van der Waals surface area (Å²) in [7, 11) is -3.10. The van der Waals surface area contributed by atoms with Gasteiger partial charge in [0.25, 0.3) is 0 Å². The van der Waals surface area contributed by atoms with Gasteiger partial charge in [0.1, 0.15) is 0 Å². The van der Waals surface area contributed by atoms with Gasteiger partial charge in [0.05, 0.1) is 18.4 Å². The van der Waals surface area contributed by atoms with Gasteiger partial charge in [-0.1, -0.05) is 43.2 Å². The molecule has 0 N–H and O–H groups in total. The third kappa shape index (κ3) is 7.64. The van der Waals surface area contributed by atoms with Crippen LogP contribution in [0.3, 0.4) is 0 Å². The molecule has 0 heterocycles. The number of allylic oxidation sites excluding steroid dienone is 6. The van der Waals surface area contributed by atoms with E-state index < -0.39 is 7.60 Å². The average molecular weight is 368 g/mol. The van der Waals surface area contributed by atoms with Crippen LogP contribution in [-0.2, 0) is 13.6 Å². The molecule has 25 heavy (non-hydrogen) atoms. The summed E-state index contributed by atoms with van der Waals surface area (Å²) in [5, 5.41) is 0. The van der Waals surface area contributed by atoms with Crippen LogP contribution < -0.4 is 0 Å². The summed E-state index contributed by atoms with van der Waals surface area (Å²) in [4.78, 5) is 0. The van der Waals surface area contributed by atoms with Crippen LogP contribution in [0, 0.1) is 5.41 Å². The summed E-state index contributed by atoms with van der Waals surface area (Å²) in [6.45, 7) is 16.4. The van der Waals surface area contributed by atoms with E-state index >= 15 is 0 Å². The van der Waals surface area contributed by atoms with E-state index in [1.54, 1.807) is 0 Å². The lowest BCUT2D eigenvalue weighted by Crippen LogP contribution is -2.19. The Bertz CT molecular complexity index is 566. The van der Waals surface area contributed by atoms with E-state index in [0.717, 1.165) is 5.57 Å². The second-order valence-electron chi connectivity index (χ2n) is 8.31. The van der Waals surface area contributed by atoms with E-state index in [9.17, 15) is 4.57 Å². The summed E-state index contributed by atoms with van der Waals surface area (Å²) in [6, 6.07) is 0. The predicted octanol–water partition coefficient (Wildman–Crippen LogP) is 7.06. The van der Waals surface area contributed by atoms with Crippen molar-refractivity contribution in [3.63, 3.8) is 0 Å². The third-order valence-electron chi connectivity index (χ3n) is 4.44. The normalized spacial score (nSPS) is 19.5. The van der Waals surface area contributed by atoms with Crippen LogP contribution >= 0.6 is 7.60 Å². The molecule has 0 aromatic carbocycles. The maximum atomic E-state index is 12.9. The topological polar surface area (TPSA) is 35.5 Å². The molecule has 0 saturated heterocycles. The molecule has 0 unspecified atom stereocenters. The molecule has 1 rings (SSSR count). The summed E-state index contributed by atoms with van der Waals surface area (Å²) >= 11 is 0. The molecule has 1 aliphatic carbocycles. The smallest absolute Gasteiger partial charge is 0.306 e. The molecule has 0 aromatic heterocycles. The summed E-state index contributed by atoms with van der Waals surface area (Å²) in [5.41, 5.74) is 4.24. The average Bonchev–Trinajstić information content (AvgIpc) is 2.42. The van der Waals surface area contributed by atoms with E-state index in [0.29, 0.717) is 6.16 Å². The molecule has 0 saturated carbocycles. The molecule has 0 atom stereocenters. The van der Waals surface area contributed by atoms with E-state index in [1.165, 1.54) is 30.4 Å². The second-order valence-corrected chi connectivity index (χ2v) is 10.3. The van der Waals surface area contributed by atoms with Gasteiger partial charge in [0.15, 0.2) is 0 Å². The van der Waals surface area contributed by atoms with Gasteiger partial charge in [-0.2, -0.15) is 0 Å². The minimum Gasteiger partial charge on any atom is -0.306 e. The van der Waals surface area contributed by atoms with Crippen molar-refractivity contribution in [2.75, 3.05) is 6.16 Å². The molecule has 4 heteroatoms. The summed E-state index contributed by atoms with van der Waals surface area (Å²) in [5.74, 6) is 0. The van der Waals surface area contributed by atoms with Gasteiger partial charge in [-0.25, -0.2) is 0 Å². The number of hydrogen-bond donors (Lipinski definition) is 0. The zero-order chi connectivity index (χ0) is 19.3. The van der Waals surface area contributed by atoms with E-state index in [-0.39, 0.29) is 17.6 Å². The predicted molar refractivity (Wildman–Crippen MR) is 108 cm³/mol. The molecule has 0 amide bonds. The van der Waals surface area contributed by atoms with Gasteiger partial charge >= 0.3 is 7.60 Å². The van der Waals surface area contributed by atoms with Crippen LogP contribution in [0.2, 0.25) is 0 Å². The molecule has 0 aliphatic heterocycles. The Morgan fingerprint density at radius 1 is 1.20 bits per heavy atom. The van der Waals surface area contributed by atoms with Crippen molar-refractivity contribution in [1.82, 2.24) is 0 Å². The van der Waals surface area contributed by atoms with Gasteiger partial charge in [0.2, 0.25) is 0 Å². The fraction of sp³-hybridized carbons (Fsp3) is 0.714. The highest BCUT2D eigenvalue weighted by Crippen LogP contribution is 2.50. The highest BCUT2D eigenvalue weighted by molar-refractivity contribution is 7.54. The zero-order valence-corrected chi connectivity index (χ0v) is 18.3. The van der Waals surface area contributed by atoms with Crippen molar-refractivity contribution in [2.24, 2.45) is 5.41 Å². The Morgan fingerprint density at radius 3 is 2.24 bits per heavy atom. The number of hydrogen-bond acceptors (Lipinski definition) is 3. The Hall–Kier alpha value is -0.630. The van der Waals surface area contributed by atoms with Gasteiger partial charge < -0.3 is 9.05 Å². The van der Waals surface area contributed by atoms with Crippen LogP contribution in [0.1, 0.15) is 74.7 Å². The molecule has 0 spiro atoms. The Kier molecular flexibility index (Phi) is 8.38. The highest BCUT2D eigenvalue weighted by Gasteiger charge is 2.27. The standard InChI is InChI=1S/C21H37O3P/c1-16(2)23-25(22,24-17(3)4)15-13-18(5)11-12-20-19(6)10-9-14-21(20,7)8/h11-13,16-17H,9-10,14-15H2,1-8H3/b12-11+,18-13+. The second kappa shape index (κ2) is 9.35. The lowest BCUT2D eigenvalue weighted by molar-refractivity contribution is 0.144. The number of rotatable bonds is 8. The van der Waals surface area contributed by atoms with Crippen LogP contribution in [0.5, 0.6) is 0 Å². The van der Waals surface area contributed by atoms with Crippen molar-refractivity contribution < 1.29 is 13.6 Å². The van der Waals surface area contributed by atoms with Crippen molar-refractivity contribution in [2.45, 2.75) is 86.9 Å². The molecule has 0 aromatic rings. The lowest BCUT2D eigenvalue weighted by Gasteiger charge is -2.33. The molecular weight excluding hydrogens is 331 g/mol. The first-order chi connectivity index (χ1) is 11.4. The molecule has 0 fully saturated rings. The molecule has 0 bridgehead atoms. The minimum atomic E-state index is -3.10. The summed E-state index contributed by atoms with van der Waals surface area (Å²) in [6.07, 6.45) is 10.1. The monoisotopic (exact) mass is 368 g/mol. The first-order valence-electron chi connectivity index (χ1n) is 9.46. The largest absolute Gasteiger partial charge is 0.334 e. The van der Waals surface area contributed by atoms with Crippen molar-refractivity contribution in [3.8, 4) is 0 Å². The van der Waals surface area contributed by atoms with E-state index in [2.05, 4.69) is 32.9 Å². The van der Waals surface area contributed by atoms with E-state index in [4.69, 9.17) is 9.05 Å². The zero-order valence-electron chi connectivity index (χ0n) is 17.4. The van der Waals surface area contributed by atoms with Crippen LogP contribution in [0.15, 0.2) is 34.9 Å². The van der Waals surface area contributed by atoms with Gasteiger partial charge in [-0.3, -0.25) is 4.57 Å². The van der Waals surface area contributed by atoms with Gasteiger partial charge in [-0.15, -0.1) is 0 Å². The molecule has 1 aliphatic rings. The SMILES string of the molecule is CC1=C(/C=C/C(C)=C/CP(=O)(OC(C)C)OC(C)C)C(C)(C)CCC1. The first-order valence-corrected chi connectivity index (χ1v) is 11.2. The maximum Gasteiger partial charge on any atom is 0.334 e. The van der Waals surface area contributed by atoms with Gasteiger partial charge in [0, 0.05) is 0 Å². The Morgan fingerprint density at radius 2 is 1.76 bits per heavy atom. The molecule has 3 nitrogen and oxygen atoms in total. The molecule has 0 radical (unpaired) electrons.